The van der Waals surface area contributed by atoms with Crippen molar-refractivity contribution in [1.82, 2.24) is 9.78 Å². The van der Waals surface area contributed by atoms with Gasteiger partial charge in [-0.2, -0.15) is 13.5 Å². The monoisotopic (exact) mass is 360 g/mol. The van der Waals surface area contributed by atoms with Crippen LogP contribution in [0.15, 0.2) is 6.20 Å². The van der Waals surface area contributed by atoms with E-state index in [1.807, 2.05) is 0 Å². The zero-order valence-electron chi connectivity index (χ0n) is 9.41. The minimum absolute atomic E-state index is 0.300. The van der Waals surface area contributed by atoms with Crippen LogP contribution in [0.25, 0.3) is 0 Å². The average molecular weight is 360 g/mol. The molecular weight excluding hydrogens is 349 g/mol. The molecule has 5 nitrogen and oxygen atoms in total. The largest absolute Gasteiger partial charge is 0.442 e. The van der Waals surface area contributed by atoms with Gasteiger partial charge in [-0.1, -0.05) is 0 Å². The highest BCUT2D eigenvalue weighted by atomic mass is 127. The molecule has 1 aromatic heterocycles. The second-order valence-corrected chi connectivity index (χ2v) is 5.25. The van der Waals surface area contributed by atoms with Crippen molar-refractivity contribution in [3.05, 3.63) is 9.77 Å². The number of carbonyl (C=O) groups is 1. The van der Waals surface area contributed by atoms with Gasteiger partial charge in [-0.3, -0.25) is 0 Å². The van der Waals surface area contributed by atoms with Crippen LogP contribution in [0.4, 0.5) is 13.6 Å². The predicted octanol–water partition coefficient (Wildman–Crippen LogP) is 2.87. The lowest BCUT2D eigenvalue weighted by Gasteiger charge is -2.18. The predicted molar refractivity (Wildman–Crippen MR) is 63.2 cm³/mol. The van der Waals surface area contributed by atoms with Crippen LogP contribution >= 0.6 is 22.6 Å². The standard InChI is InChI=1S/C9H11F2IN2O3/c1-9(2,3)17-8(15)14-4-5(12)6(13-14)16-7(10)11/h4,7H,1-3H3. The number of aromatic nitrogens is 2. The summed E-state index contributed by atoms with van der Waals surface area (Å²) in [5.74, 6) is -0.300. The molecule has 0 saturated carbocycles. The van der Waals surface area contributed by atoms with Gasteiger partial charge in [0.05, 0.1) is 9.77 Å². The van der Waals surface area contributed by atoms with E-state index in [4.69, 9.17) is 4.74 Å². The first-order valence-electron chi connectivity index (χ1n) is 4.62. The van der Waals surface area contributed by atoms with Crippen LogP contribution in [0.3, 0.4) is 0 Å². The van der Waals surface area contributed by atoms with E-state index in [1.165, 1.54) is 6.20 Å². The third kappa shape index (κ3) is 4.44. The summed E-state index contributed by atoms with van der Waals surface area (Å²) >= 11 is 1.74. The van der Waals surface area contributed by atoms with E-state index in [0.29, 0.717) is 3.57 Å². The van der Waals surface area contributed by atoms with Crippen molar-refractivity contribution in [3.63, 3.8) is 0 Å². The van der Waals surface area contributed by atoms with Gasteiger partial charge in [-0.25, -0.2) is 4.79 Å². The first kappa shape index (κ1) is 14.1. The van der Waals surface area contributed by atoms with Crippen LogP contribution in [-0.4, -0.2) is 28.1 Å². The number of alkyl halides is 2. The van der Waals surface area contributed by atoms with Gasteiger partial charge in [0, 0.05) is 0 Å². The maximum absolute atomic E-state index is 12.0. The molecule has 0 atom stereocenters. The number of carbonyl (C=O) groups excluding carboxylic acids is 1. The van der Waals surface area contributed by atoms with Crippen molar-refractivity contribution in [3.8, 4) is 5.88 Å². The number of nitrogens with zero attached hydrogens (tertiary/aromatic N) is 2. The van der Waals surface area contributed by atoms with Gasteiger partial charge in [-0.05, 0) is 43.4 Å². The number of hydrogen-bond donors (Lipinski definition) is 0. The Hall–Kier alpha value is -0.930. The molecule has 0 aliphatic heterocycles. The maximum atomic E-state index is 12.0. The van der Waals surface area contributed by atoms with E-state index >= 15 is 0 Å². The Morgan fingerprint density at radius 2 is 2.12 bits per heavy atom. The first-order valence-corrected chi connectivity index (χ1v) is 5.70. The number of halogens is 3. The van der Waals surface area contributed by atoms with E-state index in [0.717, 1.165) is 4.68 Å². The molecule has 17 heavy (non-hydrogen) atoms. The Morgan fingerprint density at radius 1 is 1.53 bits per heavy atom. The molecule has 1 rings (SSSR count). The highest BCUT2D eigenvalue weighted by Crippen LogP contribution is 2.20. The number of ether oxygens (including phenoxy) is 2. The van der Waals surface area contributed by atoms with Gasteiger partial charge >= 0.3 is 12.7 Å². The van der Waals surface area contributed by atoms with E-state index in [9.17, 15) is 13.6 Å². The summed E-state index contributed by atoms with van der Waals surface area (Å²) in [6.45, 7) is 2.09. The highest BCUT2D eigenvalue weighted by Gasteiger charge is 2.21. The quantitative estimate of drug-likeness (QED) is 0.762. The lowest BCUT2D eigenvalue weighted by atomic mass is 10.2. The lowest BCUT2D eigenvalue weighted by molar-refractivity contribution is -0.0538. The van der Waals surface area contributed by atoms with Crippen molar-refractivity contribution in [2.75, 3.05) is 0 Å². The van der Waals surface area contributed by atoms with Crippen molar-refractivity contribution in [1.29, 1.82) is 0 Å². The average Bonchev–Trinajstić information content (AvgIpc) is 2.44. The van der Waals surface area contributed by atoms with Crippen LogP contribution in [-0.2, 0) is 4.74 Å². The molecule has 1 aromatic rings. The SMILES string of the molecule is CC(C)(C)OC(=O)n1cc(I)c(OC(F)F)n1. The van der Waals surface area contributed by atoms with Gasteiger partial charge < -0.3 is 9.47 Å². The fourth-order valence-corrected chi connectivity index (χ4v) is 1.40. The van der Waals surface area contributed by atoms with Crippen molar-refractivity contribution < 1.29 is 23.0 Å². The number of rotatable bonds is 2. The summed E-state index contributed by atoms with van der Waals surface area (Å²) in [4.78, 5) is 11.5. The van der Waals surface area contributed by atoms with Gasteiger partial charge in [0.15, 0.2) is 0 Å². The number of hydrogen-bond acceptors (Lipinski definition) is 4. The normalized spacial score (nSPS) is 11.7. The molecule has 0 spiro atoms. The Labute approximate surface area is 110 Å². The summed E-state index contributed by atoms with van der Waals surface area (Å²) in [5, 5.41) is 3.57. The summed E-state index contributed by atoms with van der Waals surface area (Å²) in [5.41, 5.74) is -0.682. The molecule has 0 unspecified atom stereocenters. The van der Waals surface area contributed by atoms with E-state index in [1.54, 1.807) is 43.4 Å². The topological polar surface area (TPSA) is 53.4 Å². The molecule has 0 saturated heterocycles. The zero-order chi connectivity index (χ0) is 13.2. The van der Waals surface area contributed by atoms with Crippen molar-refractivity contribution >= 4 is 28.7 Å². The molecule has 1 heterocycles. The zero-order valence-corrected chi connectivity index (χ0v) is 11.6. The minimum Gasteiger partial charge on any atom is -0.442 e. The molecule has 0 bridgehead atoms. The third-order valence-corrected chi connectivity index (χ3v) is 2.16. The second kappa shape index (κ2) is 5.15. The van der Waals surface area contributed by atoms with E-state index in [-0.39, 0.29) is 5.88 Å². The van der Waals surface area contributed by atoms with Crippen molar-refractivity contribution in [2.24, 2.45) is 0 Å². The molecule has 0 aliphatic rings. The van der Waals surface area contributed by atoms with Crippen LogP contribution in [0.1, 0.15) is 20.8 Å². The summed E-state index contributed by atoms with van der Waals surface area (Å²) in [7, 11) is 0. The first-order chi connectivity index (χ1) is 7.69. The Kier molecular flexibility index (Phi) is 4.28. The Bertz CT molecular complexity index is 415. The maximum Gasteiger partial charge on any atom is 0.435 e. The molecule has 8 heteroatoms. The molecular formula is C9H11F2IN2O3. The molecule has 0 aliphatic carbocycles. The summed E-state index contributed by atoms with van der Waals surface area (Å²) < 4.78 is 34.2. The van der Waals surface area contributed by atoms with Gasteiger partial charge in [0.2, 0.25) is 0 Å². The molecule has 0 N–H and O–H groups in total. The smallest absolute Gasteiger partial charge is 0.435 e. The van der Waals surface area contributed by atoms with E-state index in [2.05, 4.69) is 9.84 Å². The van der Waals surface area contributed by atoms with Crippen LogP contribution in [0, 0.1) is 3.57 Å². The van der Waals surface area contributed by atoms with E-state index < -0.39 is 18.3 Å². The molecule has 0 fully saturated rings. The Balaban J connectivity index is 2.82. The third-order valence-electron chi connectivity index (χ3n) is 1.42. The lowest BCUT2D eigenvalue weighted by Crippen LogP contribution is -2.27. The fourth-order valence-electron chi connectivity index (χ4n) is 0.904. The summed E-state index contributed by atoms with van der Waals surface area (Å²) in [6, 6.07) is 0. The van der Waals surface area contributed by atoms with Crippen LogP contribution in [0.5, 0.6) is 5.88 Å². The second-order valence-electron chi connectivity index (χ2n) is 4.09. The highest BCUT2D eigenvalue weighted by molar-refractivity contribution is 14.1. The van der Waals surface area contributed by atoms with Gasteiger partial charge in [0.1, 0.15) is 5.60 Å². The molecule has 0 amide bonds. The minimum atomic E-state index is -2.98. The fraction of sp³-hybridized carbons (Fsp3) is 0.556. The summed E-state index contributed by atoms with van der Waals surface area (Å²) in [6.07, 6.45) is 0.506. The molecule has 96 valence electrons. The molecule has 0 aromatic carbocycles. The Morgan fingerprint density at radius 3 is 2.59 bits per heavy atom. The van der Waals surface area contributed by atoms with Gasteiger partial charge in [-0.15, -0.1) is 5.10 Å². The van der Waals surface area contributed by atoms with Crippen molar-refractivity contribution in [2.45, 2.75) is 33.0 Å². The van der Waals surface area contributed by atoms with Crippen LogP contribution < -0.4 is 4.74 Å². The van der Waals surface area contributed by atoms with Crippen LogP contribution in [0.2, 0.25) is 0 Å². The van der Waals surface area contributed by atoms with Gasteiger partial charge in [0.25, 0.3) is 5.88 Å². The molecule has 0 radical (unpaired) electrons.